The summed E-state index contributed by atoms with van der Waals surface area (Å²) in [4.78, 5) is 14.6. The van der Waals surface area contributed by atoms with Crippen LogP contribution in [0.15, 0.2) is 23.2 Å². The summed E-state index contributed by atoms with van der Waals surface area (Å²) in [7, 11) is -4.43. The first-order chi connectivity index (χ1) is 14.2. The van der Waals surface area contributed by atoms with Gasteiger partial charge in [0.25, 0.3) is 0 Å². The van der Waals surface area contributed by atoms with Crippen molar-refractivity contribution in [1.82, 2.24) is 14.8 Å². The lowest BCUT2D eigenvalue weighted by atomic mass is 9.97. The van der Waals surface area contributed by atoms with Crippen LogP contribution in [0.25, 0.3) is 5.82 Å². The van der Waals surface area contributed by atoms with Gasteiger partial charge in [0, 0.05) is 13.0 Å². The van der Waals surface area contributed by atoms with E-state index in [1.165, 1.54) is 13.0 Å². The van der Waals surface area contributed by atoms with Crippen LogP contribution in [0.1, 0.15) is 45.4 Å². The van der Waals surface area contributed by atoms with Crippen LogP contribution in [0.2, 0.25) is 0 Å². The van der Waals surface area contributed by atoms with Crippen molar-refractivity contribution in [3.05, 3.63) is 29.6 Å². The predicted molar refractivity (Wildman–Crippen MR) is 103 cm³/mol. The topological polar surface area (TPSA) is 127 Å². The summed E-state index contributed by atoms with van der Waals surface area (Å²) in [5.41, 5.74) is -2.46. The van der Waals surface area contributed by atoms with Crippen LogP contribution in [0.4, 0.5) is 19.0 Å². The van der Waals surface area contributed by atoms with Crippen molar-refractivity contribution in [2.75, 3.05) is 11.9 Å². The molecule has 13 heteroatoms. The Morgan fingerprint density at radius 2 is 1.94 bits per heavy atom. The van der Waals surface area contributed by atoms with Crippen molar-refractivity contribution in [2.24, 2.45) is 5.41 Å². The van der Waals surface area contributed by atoms with E-state index in [1.54, 1.807) is 0 Å². The number of nitrogens with zero attached hydrogens (tertiary/aromatic N) is 4. The Balaban J connectivity index is 2.55. The van der Waals surface area contributed by atoms with Gasteiger partial charge in [0.2, 0.25) is 0 Å². The third-order valence-electron chi connectivity index (χ3n) is 3.77. The molecule has 1 N–H and O–H groups in total. The zero-order valence-electron chi connectivity index (χ0n) is 17.1. The summed E-state index contributed by atoms with van der Waals surface area (Å²) in [6, 6.07) is 3.61. The van der Waals surface area contributed by atoms with Gasteiger partial charge in [-0.1, -0.05) is 27.7 Å². The Kier molecular flexibility index (Phi) is 6.65. The van der Waals surface area contributed by atoms with Crippen molar-refractivity contribution in [3.8, 4) is 11.9 Å². The Hall–Kier alpha value is -3.14. The van der Waals surface area contributed by atoms with E-state index in [1.807, 2.05) is 20.8 Å². The molecule has 168 valence electrons. The number of rotatable bonds is 6. The van der Waals surface area contributed by atoms with Crippen molar-refractivity contribution in [3.63, 3.8) is 0 Å². The van der Waals surface area contributed by atoms with Crippen molar-refractivity contribution in [1.29, 1.82) is 5.26 Å². The molecule has 2 rings (SSSR count). The third kappa shape index (κ3) is 5.72. The van der Waals surface area contributed by atoms with E-state index < -0.39 is 38.4 Å². The first-order valence-corrected chi connectivity index (χ1v) is 10.4. The number of hydrogen-bond acceptors (Lipinski definition) is 8. The zero-order valence-corrected chi connectivity index (χ0v) is 17.9. The molecule has 0 radical (unpaired) electrons. The smallest absolute Gasteiger partial charge is 0.368 e. The average Bonchev–Trinajstić information content (AvgIpc) is 3.04. The molecule has 0 aromatic carbocycles. The molecule has 9 nitrogen and oxygen atoms in total. The molecule has 0 saturated carbocycles. The van der Waals surface area contributed by atoms with Crippen LogP contribution >= 0.6 is 0 Å². The maximum atomic E-state index is 13.4. The number of alkyl halides is 3. The monoisotopic (exact) mass is 459 g/mol. The second kappa shape index (κ2) is 8.54. The Morgan fingerprint density at radius 1 is 1.29 bits per heavy atom. The molecule has 0 saturated heterocycles. The van der Waals surface area contributed by atoms with E-state index in [0.29, 0.717) is 0 Å². The van der Waals surface area contributed by atoms with Crippen molar-refractivity contribution < 1.29 is 30.6 Å². The van der Waals surface area contributed by atoms with Gasteiger partial charge in [0.15, 0.2) is 11.5 Å². The number of aromatic nitrogens is 3. The fraction of sp³-hybridized carbons (Fsp3) is 0.444. The number of nitrogens with one attached hydrogen (secondary N) is 1. The highest BCUT2D eigenvalue weighted by Gasteiger charge is 2.40. The number of pyridine rings is 1. The summed E-state index contributed by atoms with van der Waals surface area (Å²) in [5, 5.41) is 15.6. The maximum Gasteiger partial charge on any atom is 0.436 e. The fourth-order valence-corrected chi connectivity index (χ4v) is 3.15. The Bertz CT molecular complexity index is 1110. The lowest BCUT2D eigenvalue weighted by Crippen LogP contribution is -2.21. The molecule has 0 spiro atoms. The minimum Gasteiger partial charge on any atom is -0.368 e. The second-order valence-corrected chi connectivity index (χ2v) is 9.17. The zero-order chi connectivity index (χ0) is 23.6. The van der Waals surface area contributed by atoms with Crippen LogP contribution in [0.3, 0.4) is 0 Å². The summed E-state index contributed by atoms with van der Waals surface area (Å²) in [6.45, 7) is 7.14. The van der Waals surface area contributed by atoms with E-state index in [4.69, 9.17) is 0 Å². The van der Waals surface area contributed by atoms with Gasteiger partial charge in [-0.15, -0.1) is 0 Å². The quantitative estimate of drug-likeness (QED) is 0.652. The van der Waals surface area contributed by atoms with Crippen LogP contribution in [-0.4, -0.2) is 35.7 Å². The van der Waals surface area contributed by atoms with E-state index in [-0.39, 0.29) is 30.0 Å². The van der Waals surface area contributed by atoms with Crippen LogP contribution in [-0.2, 0) is 25.3 Å². The van der Waals surface area contributed by atoms with Crippen LogP contribution in [0.5, 0.6) is 0 Å². The molecule has 0 bridgehead atoms. The van der Waals surface area contributed by atoms with E-state index in [9.17, 15) is 31.6 Å². The molecule has 0 amide bonds. The lowest BCUT2D eigenvalue weighted by molar-refractivity contribution is -0.141. The highest BCUT2D eigenvalue weighted by molar-refractivity contribution is 7.87. The highest BCUT2D eigenvalue weighted by atomic mass is 32.2. The number of hydrogen-bond donors (Lipinski definition) is 1. The minimum absolute atomic E-state index is 0.169. The normalized spacial score (nSPS) is 12.3. The first-order valence-electron chi connectivity index (χ1n) is 8.97. The van der Waals surface area contributed by atoms with Gasteiger partial charge >= 0.3 is 22.3 Å². The summed E-state index contributed by atoms with van der Waals surface area (Å²) >= 11 is 0. The molecule has 0 fully saturated rings. The van der Waals surface area contributed by atoms with E-state index >= 15 is 0 Å². The van der Waals surface area contributed by atoms with E-state index in [0.717, 1.165) is 23.0 Å². The third-order valence-corrected chi connectivity index (χ3v) is 4.99. The number of halogens is 3. The molecular weight excluding hydrogens is 439 g/mol. The van der Waals surface area contributed by atoms with Gasteiger partial charge in [0.1, 0.15) is 22.3 Å². The van der Waals surface area contributed by atoms with E-state index in [2.05, 4.69) is 19.6 Å². The number of anilines is 1. The molecule has 0 unspecified atom stereocenters. The van der Waals surface area contributed by atoms with Crippen LogP contribution < -0.4 is 5.32 Å². The van der Waals surface area contributed by atoms with Crippen LogP contribution in [0, 0.1) is 16.7 Å². The molecule has 0 aliphatic rings. The van der Waals surface area contributed by atoms with Gasteiger partial charge in [0.05, 0.1) is 6.20 Å². The number of nitriles is 1. The number of carbonyl (C=O) groups is 1. The molecule has 31 heavy (non-hydrogen) atoms. The lowest BCUT2D eigenvalue weighted by Gasteiger charge is -2.20. The Morgan fingerprint density at radius 3 is 2.39 bits per heavy atom. The molecule has 0 aliphatic heterocycles. The molecule has 2 heterocycles. The largest absolute Gasteiger partial charge is 0.436 e. The van der Waals surface area contributed by atoms with Gasteiger partial charge in [-0.2, -0.15) is 36.6 Å². The number of carbonyl (C=O) groups excluding carboxylic acids is 1. The predicted octanol–water partition coefficient (Wildman–Crippen LogP) is 3.26. The minimum atomic E-state index is -4.90. The standard InChI is InChI=1S/C18H20F3N5O4S/c1-5-14(27)30-31(28,29)11-6-7-13(23-9-11)26-16(24-10-17(2,3)4)12(8-22)15(25-26)18(19,20)21/h6-7,9,24H,5,10H2,1-4H3. The van der Waals surface area contributed by atoms with Gasteiger partial charge < -0.3 is 9.50 Å². The summed E-state index contributed by atoms with van der Waals surface area (Å²) in [6.07, 6.45) is -4.24. The SMILES string of the molecule is CCC(=O)OS(=O)(=O)c1ccc(-n2nc(C(F)(F)F)c(C#N)c2NCC(C)(C)C)nc1. The molecule has 2 aromatic rings. The summed E-state index contributed by atoms with van der Waals surface area (Å²) < 4.78 is 69.4. The van der Waals surface area contributed by atoms with Crippen molar-refractivity contribution >= 4 is 21.9 Å². The van der Waals surface area contributed by atoms with Gasteiger partial charge in [-0.3, -0.25) is 4.79 Å². The molecule has 2 aromatic heterocycles. The summed E-state index contributed by atoms with van der Waals surface area (Å²) in [5.74, 6) is -1.38. The van der Waals surface area contributed by atoms with Gasteiger partial charge in [-0.25, -0.2) is 4.98 Å². The maximum absolute atomic E-state index is 13.4. The molecule has 0 atom stereocenters. The van der Waals surface area contributed by atoms with Gasteiger partial charge in [-0.05, 0) is 17.5 Å². The second-order valence-electron chi connectivity index (χ2n) is 7.62. The van der Waals surface area contributed by atoms with Crippen molar-refractivity contribution in [2.45, 2.75) is 45.2 Å². The molecular formula is C18H20F3N5O4S. The average molecular weight is 459 g/mol. The fourth-order valence-electron chi connectivity index (χ4n) is 2.28. The Labute approximate surface area is 177 Å². The first kappa shape index (κ1) is 24.1. The highest BCUT2D eigenvalue weighted by Crippen LogP contribution is 2.35. The molecule has 0 aliphatic carbocycles.